The molecular weight excluding hydrogens is 1100 g/mol. The van der Waals surface area contributed by atoms with Crippen molar-refractivity contribution in [3.8, 4) is 23.3 Å². The number of H-pyrrole nitrogens is 1. The molecule has 19 nitrogen and oxygen atoms in total. The van der Waals surface area contributed by atoms with Gasteiger partial charge in [0.15, 0.2) is 0 Å². The van der Waals surface area contributed by atoms with E-state index in [0.29, 0.717) is 43.0 Å². The second-order valence-electron chi connectivity index (χ2n) is 22.9. The third-order valence-electron chi connectivity index (χ3n) is 16.7. The van der Waals surface area contributed by atoms with E-state index in [0.717, 1.165) is 105 Å². The lowest BCUT2D eigenvalue weighted by Crippen LogP contribution is -2.52. The number of carbonyl (C=O) groups is 4. The van der Waals surface area contributed by atoms with Crippen molar-refractivity contribution in [1.82, 2.24) is 34.7 Å². The molecule has 3 fully saturated rings. The van der Waals surface area contributed by atoms with Crippen LogP contribution in [0.4, 0.5) is 17.1 Å². The Balaban J connectivity index is 0.705. The van der Waals surface area contributed by atoms with Crippen molar-refractivity contribution in [1.29, 1.82) is 0 Å². The van der Waals surface area contributed by atoms with Gasteiger partial charge in [0.25, 0.3) is 27.5 Å². The number of hydrogen-bond donors (Lipinski definition) is 4. The number of fused-ring (bicyclic) bond motifs is 2. The first-order valence-corrected chi connectivity index (χ1v) is 30.1. The average Bonchev–Trinajstić information content (AvgIpc) is 4.23. The monoisotopic (exact) mass is 1160 g/mol. The molecule has 1 aliphatic carbocycles. The minimum atomic E-state index is -4.64. The Bertz CT molecular complexity index is 3740. The molecule has 1 unspecified atom stereocenters. The first kappa shape index (κ1) is 56.8. The largest absolute Gasteiger partial charge is 0.455 e. The van der Waals surface area contributed by atoms with Crippen LogP contribution >= 0.6 is 11.6 Å². The topological polar surface area (TPSA) is 233 Å². The molecule has 4 amide bonds. The van der Waals surface area contributed by atoms with Gasteiger partial charge in [0.1, 0.15) is 28.9 Å². The number of nitrogens with zero attached hydrogens (tertiary/aromatic N) is 6. The fourth-order valence-electron chi connectivity index (χ4n) is 11.9. The summed E-state index contributed by atoms with van der Waals surface area (Å²) in [5.41, 5.74) is 7.39. The molecule has 0 bridgehead atoms. The number of aromatic amines is 1. The molecule has 11 rings (SSSR count). The zero-order chi connectivity index (χ0) is 58.0. The summed E-state index contributed by atoms with van der Waals surface area (Å²) in [5, 5.41) is 19.5. The van der Waals surface area contributed by atoms with E-state index in [1.165, 1.54) is 46.0 Å². The van der Waals surface area contributed by atoms with Crippen LogP contribution in [0.3, 0.4) is 0 Å². The van der Waals surface area contributed by atoms with Gasteiger partial charge in [0.05, 0.1) is 21.6 Å². The summed E-state index contributed by atoms with van der Waals surface area (Å²) in [5.74, 6) is 5.11. The first-order valence-electron chi connectivity index (χ1n) is 28.2. The van der Waals surface area contributed by atoms with Gasteiger partial charge >= 0.3 is 0 Å². The molecule has 5 aliphatic rings. The van der Waals surface area contributed by atoms with E-state index < -0.39 is 43.4 Å². The number of imide groups is 1. The maximum absolute atomic E-state index is 14.2. The van der Waals surface area contributed by atoms with Gasteiger partial charge in [-0.3, -0.25) is 39.5 Å². The number of hydrogen-bond acceptors (Lipinski definition) is 14. The number of nitrogens with one attached hydrogen (secondary N) is 4. The number of nitro benzene ring substituents is 1. The standard InChI is InChI=1S/C62H65ClN10O9S/c1-62(2)23-19-44(51(35-62)42-9-11-45(63)12-10-42)38-70-28-30-71(31-29-70)46-13-15-50(56(33-46)82-47-32-43-20-24-64-58(43)66-37-47)59(75)68-83(80,81)48-14-16-53(55(34-48)73(78)79)65-36-40-21-26-69(27-22-40)25-4-3-6-41-7-5-8-49-52(41)39-72(61(49)77)54-17-18-57(74)67-60(54)76/h5,7-16,20,24,32-34,37,40,54,65H,4,17-19,21-23,25-31,35-36,38-39H2,1-2H3,(H,64,66)(H,68,75)(H,67,74,76). The molecule has 83 heavy (non-hydrogen) atoms. The number of aromatic nitrogens is 2. The zero-order valence-electron chi connectivity index (χ0n) is 46.3. The highest BCUT2D eigenvalue weighted by atomic mass is 35.5. The van der Waals surface area contributed by atoms with Crippen LogP contribution in [-0.2, 0) is 26.2 Å². The second-order valence-corrected chi connectivity index (χ2v) is 25.0. The van der Waals surface area contributed by atoms with Gasteiger partial charge in [-0.05, 0) is 140 Å². The quantitative estimate of drug-likeness (QED) is 0.0306. The van der Waals surface area contributed by atoms with Crippen LogP contribution in [0.1, 0.15) is 103 Å². The number of halogens is 1. The Hall–Kier alpha value is -8.09. The summed E-state index contributed by atoms with van der Waals surface area (Å²) >= 11 is 6.27. The number of ether oxygens (including phenoxy) is 1. The molecule has 2 aromatic heterocycles. The molecule has 6 aromatic rings. The van der Waals surface area contributed by atoms with Crippen molar-refractivity contribution < 1.29 is 37.3 Å². The maximum atomic E-state index is 14.2. The van der Waals surface area contributed by atoms with Crippen LogP contribution in [0.2, 0.25) is 5.02 Å². The molecule has 4 N–H and O–H groups in total. The van der Waals surface area contributed by atoms with Gasteiger partial charge in [-0.25, -0.2) is 18.1 Å². The molecule has 6 heterocycles. The van der Waals surface area contributed by atoms with Gasteiger partial charge in [-0.2, -0.15) is 0 Å². The first-order chi connectivity index (χ1) is 39.9. The number of likely N-dealkylation sites (tertiary alicyclic amines) is 1. The van der Waals surface area contributed by atoms with Crippen LogP contribution in [0.15, 0.2) is 114 Å². The Morgan fingerprint density at radius 1 is 0.928 bits per heavy atom. The predicted molar refractivity (Wildman–Crippen MR) is 317 cm³/mol. The summed E-state index contributed by atoms with van der Waals surface area (Å²) < 4.78 is 36.4. The normalized spacial score (nSPS) is 18.8. The fraction of sp³-hybridized carbons (Fsp3) is 0.371. The highest BCUT2D eigenvalue weighted by molar-refractivity contribution is 7.90. The van der Waals surface area contributed by atoms with E-state index in [1.54, 1.807) is 36.5 Å². The smallest absolute Gasteiger partial charge is 0.293 e. The zero-order valence-corrected chi connectivity index (χ0v) is 47.9. The summed E-state index contributed by atoms with van der Waals surface area (Å²) in [6.45, 7) is 11.5. The summed E-state index contributed by atoms with van der Waals surface area (Å²) in [6, 6.07) is 25.1. The summed E-state index contributed by atoms with van der Waals surface area (Å²) in [4.78, 5) is 79.0. The molecule has 21 heteroatoms. The number of sulfonamides is 1. The van der Waals surface area contributed by atoms with Gasteiger partial charge < -0.3 is 29.7 Å². The Morgan fingerprint density at radius 3 is 2.49 bits per heavy atom. The van der Waals surface area contributed by atoms with E-state index in [1.807, 2.05) is 24.3 Å². The lowest BCUT2D eigenvalue weighted by molar-refractivity contribution is -0.384. The van der Waals surface area contributed by atoms with Crippen molar-refractivity contribution in [3.63, 3.8) is 0 Å². The molecule has 4 aromatic carbocycles. The second kappa shape index (κ2) is 24.0. The number of pyridine rings is 1. The third kappa shape index (κ3) is 12.9. The van der Waals surface area contributed by atoms with Crippen LogP contribution in [0.25, 0.3) is 16.6 Å². The number of nitro groups is 1. The van der Waals surface area contributed by atoms with E-state index in [-0.39, 0.29) is 59.5 Å². The number of anilines is 2. The van der Waals surface area contributed by atoms with Gasteiger partial charge in [-0.15, -0.1) is 0 Å². The number of piperidine rings is 2. The van der Waals surface area contributed by atoms with Crippen LogP contribution in [0.5, 0.6) is 11.5 Å². The number of piperazine rings is 1. The molecule has 3 saturated heterocycles. The molecular formula is C62H65ClN10O9S. The minimum Gasteiger partial charge on any atom is -0.455 e. The van der Waals surface area contributed by atoms with Crippen molar-refractivity contribution >= 4 is 78.9 Å². The highest BCUT2D eigenvalue weighted by Gasteiger charge is 2.40. The number of amides is 4. The van der Waals surface area contributed by atoms with Crippen molar-refractivity contribution in [2.45, 2.75) is 82.7 Å². The fourth-order valence-corrected chi connectivity index (χ4v) is 13.0. The molecule has 0 radical (unpaired) electrons. The van der Waals surface area contributed by atoms with Crippen molar-refractivity contribution in [2.75, 3.05) is 69.1 Å². The highest BCUT2D eigenvalue weighted by Crippen LogP contribution is 2.44. The van der Waals surface area contributed by atoms with E-state index in [9.17, 15) is 37.7 Å². The molecule has 1 atom stereocenters. The summed E-state index contributed by atoms with van der Waals surface area (Å²) in [7, 11) is -4.64. The lowest BCUT2D eigenvalue weighted by atomic mass is 9.72. The third-order valence-corrected chi connectivity index (χ3v) is 18.3. The van der Waals surface area contributed by atoms with E-state index >= 15 is 0 Å². The van der Waals surface area contributed by atoms with Gasteiger partial charge in [0.2, 0.25) is 11.8 Å². The minimum absolute atomic E-state index is 0.0609. The van der Waals surface area contributed by atoms with Gasteiger partial charge in [-0.1, -0.05) is 61.1 Å². The van der Waals surface area contributed by atoms with Gasteiger partial charge in [0, 0.05) is 111 Å². The molecule has 4 aliphatic heterocycles. The van der Waals surface area contributed by atoms with E-state index in [4.69, 9.17) is 16.3 Å². The van der Waals surface area contributed by atoms with Crippen LogP contribution in [-0.4, -0.2) is 127 Å². The Kier molecular flexibility index (Phi) is 16.4. The number of benzene rings is 4. The van der Waals surface area contributed by atoms with Crippen molar-refractivity contribution in [2.24, 2.45) is 11.3 Å². The predicted octanol–water partition coefficient (Wildman–Crippen LogP) is 9.15. The average molecular weight is 1160 g/mol. The van der Waals surface area contributed by atoms with Crippen molar-refractivity contribution in [3.05, 3.63) is 152 Å². The maximum Gasteiger partial charge on any atom is 0.293 e. The number of carbonyl (C=O) groups excluding carboxylic acids is 4. The number of allylic oxidation sites excluding steroid dienone is 1. The van der Waals surface area contributed by atoms with Crippen LogP contribution in [0, 0.1) is 33.3 Å². The Labute approximate surface area is 487 Å². The molecule has 0 spiro atoms. The SMILES string of the molecule is CC1(C)CCC(CN2CCN(c3ccc(C(=O)NS(=O)(=O)c4ccc(NCC5CCN(CCC#Cc6cccc7c6CN(C6CCC(=O)NC6=O)C7=O)CC5)c([N+](=O)[O-])c4)c(Oc4cnc5[nH]ccc5c4)c3)CC2)=C(c2ccc(Cl)cc2)C1. The molecule has 0 saturated carbocycles. The molecule has 430 valence electrons. The lowest BCUT2D eigenvalue weighted by Gasteiger charge is -2.39. The van der Waals surface area contributed by atoms with E-state index in [2.05, 4.69) is 77.8 Å². The number of rotatable bonds is 16. The Morgan fingerprint density at radius 2 is 1.72 bits per heavy atom. The van der Waals surface area contributed by atoms with Crippen LogP contribution < -0.4 is 25.0 Å². The summed E-state index contributed by atoms with van der Waals surface area (Å²) in [6.07, 6.45) is 9.12.